The Morgan fingerprint density at radius 3 is 3.00 bits per heavy atom. The molecule has 0 aliphatic heterocycles. The van der Waals surface area contributed by atoms with Crippen LogP contribution in [0.15, 0.2) is 12.7 Å². The fourth-order valence-electron chi connectivity index (χ4n) is 0.615. The van der Waals surface area contributed by atoms with Gasteiger partial charge in [0.2, 0.25) is 5.91 Å². The fourth-order valence-corrected chi connectivity index (χ4v) is 0.615. The molecule has 0 fully saturated rings. The van der Waals surface area contributed by atoms with Gasteiger partial charge in [0.25, 0.3) is 0 Å². The van der Waals surface area contributed by atoms with E-state index >= 15 is 0 Å². The Morgan fingerprint density at radius 1 is 1.83 bits per heavy atom. The molecule has 0 aromatic carbocycles. The van der Waals surface area contributed by atoms with E-state index in [1.807, 2.05) is 6.92 Å². The molecule has 0 aromatic rings. The van der Waals surface area contributed by atoms with Crippen molar-refractivity contribution in [3.05, 3.63) is 12.7 Å². The van der Waals surface area contributed by atoms with Crippen LogP contribution in [0, 0.1) is 0 Å². The molecule has 1 amide bonds. The summed E-state index contributed by atoms with van der Waals surface area (Å²) in [5, 5.41) is 3.11. The van der Waals surface area contributed by atoms with Gasteiger partial charge in [-0.3, -0.25) is 4.79 Å². The minimum Gasteiger partial charge on any atom is -0.370 e. The lowest BCUT2D eigenvalue weighted by molar-refractivity contribution is -0.122. The standard InChI is InChI=1S/C8H16N2O2/c1-3-7(2)10-4-5-12-6-8(9)11/h3,7,10H,1,4-6H2,2H3,(H2,9,11). The molecule has 0 saturated heterocycles. The maximum atomic E-state index is 10.2. The smallest absolute Gasteiger partial charge is 0.243 e. The first kappa shape index (κ1) is 11.1. The predicted molar refractivity (Wildman–Crippen MR) is 47.7 cm³/mol. The quantitative estimate of drug-likeness (QED) is 0.407. The van der Waals surface area contributed by atoms with Crippen molar-refractivity contribution in [2.45, 2.75) is 13.0 Å². The Labute approximate surface area is 72.8 Å². The number of hydrogen-bond donors (Lipinski definition) is 2. The molecule has 70 valence electrons. The second kappa shape index (κ2) is 6.82. The number of rotatable bonds is 7. The Bertz CT molecular complexity index is 148. The average molecular weight is 172 g/mol. The van der Waals surface area contributed by atoms with Crippen LogP contribution in [0.2, 0.25) is 0 Å². The molecule has 4 heteroatoms. The lowest BCUT2D eigenvalue weighted by atomic mass is 10.3. The lowest BCUT2D eigenvalue weighted by Gasteiger charge is -2.08. The summed E-state index contributed by atoms with van der Waals surface area (Å²) in [4.78, 5) is 10.2. The lowest BCUT2D eigenvalue weighted by Crippen LogP contribution is -2.29. The van der Waals surface area contributed by atoms with E-state index in [0.717, 1.165) is 0 Å². The highest BCUT2D eigenvalue weighted by Gasteiger charge is 1.95. The minimum atomic E-state index is -0.438. The summed E-state index contributed by atoms with van der Waals surface area (Å²) >= 11 is 0. The van der Waals surface area contributed by atoms with Crippen molar-refractivity contribution in [3.63, 3.8) is 0 Å². The summed E-state index contributed by atoms with van der Waals surface area (Å²) in [6, 6.07) is 0.266. The van der Waals surface area contributed by atoms with Crippen molar-refractivity contribution >= 4 is 5.91 Å². The van der Waals surface area contributed by atoms with E-state index in [1.54, 1.807) is 6.08 Å². The summed E-state index contributed by atoms with van der Waals surface area (Å²) in [6.45, 7) is 6.77. The molecule has 1 unspecified atom stereocenters. The van der Waals surface area contributed by atoms with Crippen LogP contribution in [0.1, 0.15) is 6.92 Å². The van der Waals surface area contributed by atoms with Gasteiger partial charge in [0.05, 0.1) is 6.61 Å². The van der Waals surface area contributed by atoms with Crippen molar-refractivity contribution < 1.29 is 9.53 Å². The molecule has 0 aliphatic carbocycles. The number of primary amides is 1. The third-order valence-corrected chi connectivity index (χ3v) is 1.31. The van der Waals surface area contributed by atoms with Gasteiger partial charge in [-0.1, -0.05) is 6.08 Å². The maximum Gasteiger partial charge on any atom is 0.243 e. The van der Waals surface area contributed by atoms with E-state index in [9.17, 15) is 4.79 Å². The zero-order valence-electron chi connectivity index (χ0n) is 7.38. The highest BCUT2D eigenvalue weighted by molar-refractivity contribution is 5.74. The van der Waals surface area contributed by atoms with Crippen LogP contribution in [0.3, 0.4) is 0 Å². The van der Waals surface area contributed by atoms with Gasteiger partial charge in [-0.25, -0.2) is 0 Å². The van der Waals surface area contributed by atoms with Gasteiger partial charge in [-0.2, -0.15) is 0 Å². The monoisotopic (exact) mass is 172 g/mol. The van der Waals surface area contributed by atoms with Crippen molar-refractivity contribution in [3.8, 4) is 0 Å². The zero-order valence-corrected chi connectivity index (χ0v) is 7.38. The Morgan fingerprint density at radius 2 is 2.50 bits per heavy atom. The van der Waals surface area contributed by atoms with E-state index in [2.05, 4.69) is 11.9 Å². The number of nitrogens with two attached hydrogens (primary N) is 1. The minimum absolute atomic E-state index is 0.00977. The SMILES string of the molecule is C=CC(C)NCCOCC(N)=O. The van der Waals surface area contributed by atoms with Crippen LogP contribution in [-0.4, -0.2) is 31.7 Å². The molecule has 0 heterocycles. The van der Waals surface area contributed by atoms with Gasteiger partial charge < -0.3 is 15.8 Å². The largest absolute Gasteiger partial charge is 0.370 e. The summed E-state index contributed by atoms with van der Waals surface area (Å²) in [5.74, 6) is -0.438. The van der Waals surface area contributed by atoms with Crippen molar-refractivity contribution in [1.82, 2.24) is 5.32 Å². The first-order valence-electron chi connectivity index (χ1n) is 3.88. The fraction of sp³-hybridized carbons (Fsp3) is 0.625. The van der Waals surface area contributed by atoms with Crippen LogP contribution in [0.5, 0.6) is 0 Å². The highest BCUT2D eigenvalue weighted by atomic mass is 16.5. The first-order chi connectivity index (χ1) is 5.66. The predicted octanol–water partition coefficient (Wildman–Crippen LogP) is -0.348. The Balaban J connectivity index is 3.10. The van der Waals surface area contributed by atoms with Crippen LogP contribution >= 0.6 is 0 Å². The molecule has 12 heavy (non-hydrogen) atoms. The van der Waals surface area contributed by atoms with Gasteiger partial charge in [0, 0.05) is 12.6 Å². The molecule has 4 nitrogen and oxygen atoms in total. The highest BCUT2D eigenvalue weighted by Crippen LogP contribution is 1.80. The Kier molecular flexibility index (Phi) is 6.32. The second-order valence-electron chi connectivity index (χ2n) is 2.50. The summed E-state index contributed by atoms with van der Waals surface area (Å²) < 4.78 is 4.92. The van der Waals surface area contributed by atoms with Crippen molar-refractivity contribution in [2.24, 2.45) is 5.73 Å². The molecule has 0 saturated carbocycles. The second-order valence-corrected chi connectivity index (χ2v) is 2.50. The molecule has 0 rings (SSSR count). The van der Waals surface area contributed by atoms with Gasteiger partial charge in [-0.15, -0.1) is 6.58 Å². The maximum absolute atomic E-state index is 10.2. The molecule has 3 N–H and O–H groups in total. The number of amides is 1. The van der Waals surface area contributed by atoms with Crippen LogP contribution in [-0.2, 0) is 9.53 Å². The molecule has 0 radical (unpaired) electrons. The van der Waals surface area contributed by atoms with Gasteiger partial charge in [0.1, 0.15) is 6.61 Å². The number of ether oxygens (including phenoxy) is 1. The van der Waals surface area contributed by atoms with E-state index in [0.29, 0.717) is 13.2 Å². The summed E-state index contributed by atoms with van der Waals surface area (Å²) in [7, 11) is 0. The number of carbonyl (C=O) groups excluding carboxylic acids is 1. The molecule has 0 aliphatic rings. The third-order valence-electron chi connectivity index (χ3n) is 1.31. The molecular weight excluding hydrogens is 156 g/mol. The normalized spacial score (nSPS) is 12.4. The van der Waals surface area contributed by atoms with Crippen LogP contribution < -0.4 is 11.1 Å². The van der Waals surface area contributed by atoms with Crippen molar-refractivity contribution in [1.29, 1.82) is 0 Å². The average Bonchev–Trinajstić information content (AvgIpc) is 2.03. The molecule has 0 aromatic heterocycles. The molecule has 0 bridgehead atoms. The number of hydrogen-bond acceptors (Lipinski definition) is 3. The van der Waals surface area contributed by atoms with E-state index in [4.69, 9.17) is 10.5 Å². The Hall–Kier alpha value is -0.870. The van der Waals surface area contributed by atoms with E-state index in [-0.39, 0.29) is 12.6 Å². The summed E-state index contributed by atoms with van der Waals surface area (Å²) in [5.41, 5.74) is 4.86. The molecule has 1 atom stereocenters. The summed E-state index contributed by atoms with van der Waals surface area (Å²) in [6.07, 6.45) is 1.80. The molecule has 0 spiro atoms. The molecular formula is C8H16N2O2. The van der Waals surface area contributed by atoms with Crippen LogP contribution in [0.4, 0.5) is 0 Å². The number of carbonyl (C=O) groups is 1. The third kappa shape index (κ3) is 7.24. The van der Waals surface area contributed by atoms with Gasteiger partial charge >= 0.3 is 0 Å². The number of nitrogens with one attached hydrogen (secondary N) is 1. The van der Waals surface area contributed by atoms with Gasteiger partial charge in [0.15, 0.2) is 0 Å². The van der Waals surface area contributed by atoms with E-state index in [1.165, 1.54) is 0 Å². The first-order valence-corrected chi connectivity index (χ1v) is 3.88. The van der Waals surface area contributed by atoms with E-state index < -0.39 is 5.91 Å². The zero-order chi connectivity index (χ0) is 9.40. The van der Waals surface area contributed by atoms with Crippen molar-refractivity contribution in [2.75, 3.05) is 19.8 Å². The topological polar surface area (TPSA) is 64.3 Å². The van der Waals surface area contributed by atoms with Gasteiger partial charge in [-0.05, 0) is 6.92 Å². The van der Waals surface area contributed by atoms with Crippen LogP contribution in [0.25, 0.3) is 0 Å².